The Morgan fingerprint density at radius 3 is 2.86 bits per heavy atom. The average molecular weight is 314 g/mol. The fourth-order valence-corrected chi connectivity index (χ4v) is 3.02. The minimum Gasteiger partial charge on any atom is -0.449 e. The molecule has 114 valence electrons. The maximum absolute atomic E-state index is 12.8. The fourth-order valence-electron chi connectivity index (χ4n) is 2.38. The second-order valence-electron chi connectivity index (χ2n) is 5.66. The first-order valence-corrected chi connectivity index (χ1v) is 8.07. The van der Waals surface area contributed by atoms with Gasteiger partial charge in [-0.2, -0.15) is 0 Å². The smallest absolute Gasteiger partial charge is 0.294 e. The molecule has 2 heterocycles. The van der Waals surface area contributed by atoms with Crippen molar-refractivity contribution < 1.29 is 9.53 Å². The van der Waals surface area contributed by atoms with E-state index in [9.17, 15) is 4.79 Å². The summed E-state index contributed by atoms with van der Waals surface area (Å²) < 4.78 is 5.81. The molecule has 2 aromatic rings. The van der Waals surface area contributed by atoms with Crippen molar-refractivity contribution in [2.24, 2.45) is 5.92 Å². The maximum atomic E-state index is 12.8. The van der Waals surface area contributed by atoms with Gasteiger partial charge in [0.05, 0.1) is 5.69 Å². The molecule has 1 amide bonds. The lowest BCUT2D eigenvalue weighted by atomic mass is 10.1. The zero-order valence-electron chi connectivity index (χ0n) is 12.6. The number of fused-ring (bicyclic) bond motifs is 1. The van der Waals surface area contributed by atoms with Crippen molar-refractivity contribution in [3.05, 3.63) is 46.3 Å². The Balaban J connectivity index is 2.04. The molecule has 5 heteroatoms. The zero-order valence-corrected chi connectivity index (χ0v) is 13.4. The van der Waals surface area contributed by atoms with Gasteiger partial charge in [-0.15, -0.1) is 11.3 Å². The summed E-state index contributed by atoms with van der Waals surface area (Å²) in [5.74, 6) is 1.23. The number of rotatable bonds is 3. The van der Waals surface area contributed by atoms with Gasteiger partial charge in [0.1, 0.15) is 0 Å². The monoisotopic (exact) mass is 314 g/mol. The van der Waals surface area contributed by atoms with E-state index >= 15 is 0 Å². The second kappa shape index (κ2) is 5.85. The van der Waals surface area contributed by atoms with Crippen LogP contribution in [0.3, 0.4) is 0 Å². The third kappa shape index (κ3) is 2.85. The molecular formula is C17H18N2O2S. The van der Waals surface area contributed by atoms with Crippen LogP contribution in [0.25, 0.3) is 6.08 Å². The first-order chi connectivity index (χ1) is 10.5. The molecule has 0 fully saturated rings. The lowest BCUT2D eigenvalue weighted by Crippen LogP contribution is -2.39. The highest BCUT2D eigenvalue weighted by Crippen LogP contribution is 2.37. The van der Waals surface area contributed by atoms with Crippen LogP contribution in [0.4, 0.5) is 11.4 Å². The van der Waals surface area contributed by atoms with Crippen LogP contribution >= 0.6 is 11.3 Å². The summed E-state index contributed by atoms with van der Waals surface area (Å²) in [6.45, 7) is 4.79. The molecule has 0 radical (unpaired) electrons. The van der Waals surface area contributed by atoms with Gasteiger partial charge in [-0.25, -0.2) is 0 Å². The third-order valence-corrected chi connectivity index (χ3v) is 4.13. The van der Waals surface area contributed by atoms with Gasteiger partial charge in [-0.1, -0.05) is 19.9 Å². The topological polar surface area (TPSA) is 55.6 Å². The van der Waals surface area contributed by atoms with Gasteiger partial charge < -0.3 is 15.4 Å². The summed E-state index contributed by atoms with van der Waals surface area (Å²) >= 11 is 1.57. The molecule has 2 N–H and O–H groups in total. The molecule has 0 saturated heterocycles. The summed E-state index contributed by atoms with van der Waals surface area (Å²) in [4.78, 5) is 15.5. The number of benzene rings is 1. The van der Waals surface area contributed by atoms with Crippen molar-refractivity contribution in [3.8, 4) is 5.75 Å². The number of thiophene rings is 1. The van der Waals surface area contributed by atoms with Crippen molar-refractivity contribution in [2.45, 2.75) is 13.8 Å². The van der Waals surface area contributed by atoms with Crippen LogP contribution in [-0.2, 0) is 4.79 Å². The number of amides is 1. The predicted molar refractivity (Wildman–Crippen MR) is 91.0 cm³/mol. The van der Waals surface area contributed by atoms with Crippen LogP contribution in [0.1, 0.15) is 18.7 Å². The first kappa shape index (κ1) is 14.7. The highest BCUT2D eigenvalue weighted by atomic mass is 32.1. The summed E-state index contributed by atoms with van der Waals surface area (Å²) in [7, 11) is 0. The minimum atomic E-state index is -0.125. The Bertz CT molecular complexity index is 720. The Kier molecular flexibility index (Phi) is 3.90. The van der Waals surface area contributed by atoms with Crippen molar-refractivity contribution in [3.63, 3.8) is 0 Å². The van der Waals surface area contributed by atoms with Gasteiger partial charge in [0.15, 0.2) is 11.5 Å². The van der Waals surface area contributed by atoms with Gasteiger partial charge in [-0.3, -0.25) is 4.79 Å². The van der Waals surface area contributed by atoms with E-state index in [-0.39, 0.29) is 5.91 Å². The summed E-state index contributed by atoms with van der Waals surface area (Å²) in [6, 6.07) is 9.29. The SMILES string of the molecule is CC(C)CN1C(=O)/C(=C\c2cccs2)Oc2ccc(N)cc21. The maximum Gasteiger partial charge on any atom is 0.294 e. The largest absolute Gasteiger partial charge is 0.449 e. The summed E-state index contributed by atoms with van der Waals surface area (Å²) in [5.41, 5.74) is 7.22. The van der Waals surface area contributed by atoms with Crippen LogP contribution < -0.4 is 15.4 Å². The van der Waals surface area contributed by atoms with E-state index in [4.69, 9.17) is 10.5 Å². The molecule has 1 aromatic carbocycles. The predicted octanol–water partition coefficient (Wildman–Crippen LogP) is 3.75. The molecule has 22 heavy (non-hydrogen) atoms. The van der Waals surface area contributed by atoms with Gasteiger partial charge in [0.25, 0.3) is 5.91 Å². The number of nitrogens with zero attached hydrogens (tertiary/aromatic N) is 1. The molecule has 1 aliphatic rings. The first-order valence-electron chi connectivity index (χ1n) is 7.19. The Labute approximate surface area is 133 Å². The number of ether oxygens (including phenoxy) is 1. The van der Waals surface area contributed by atoms with Crippen LogP contribution in [0.15, 0.2) is 41.5 Å². The van der Waals surface area contributed by atoms with Crippen molar-refractivity contribution >= 4 is 34.7 Å². The fraction of sp³-hybridized carbons (Fsp3) is 0.235. The van der Waals surface area contributed by atoms with E-state index in [0.717, 1.165) is 10.6 Å². The van der Waals surface area contributed by atoms with Gasteiger partial charge >= 0.3 is 0 Å². The number of hydrogen-bond donors (Lipinski definition) is 1. The van der Waals surface area contributed by atoms with Crippen molar-refractivity contribution in [2.75, 3.05) is 17.2 Å². The van der Waals surface area contributed by atoms with Crippen LogP contribution in [-0.4, -0.2) is 12.5 Å². The number of carbonyl (C=O) groups excluding carboxylic acids is 1. The standard InChI is InChI=1S/C17H18N2O2S/c1-11(2)10-19-14-8-12(18)5-6-15(14)21-16(17(19)20)9-13-4-3-7-22-13/h3-9,11H,10,18H2,1-2H3/b16-9+. The van der Waals surface area contributed by atoms with Crippen molar-refractivity contribution in [1.82, 2.24) is 0 Å². The quantitative estimate of drug-likeness (QED) is 0.693. The third-order valence-electron chi connectivity index (χ3n) is 3.31. The number of nitrogen functional groups attached to an aromatic ring is 1. The number of hydrogen-bond acceptors (Lipinski definition) is 4. The molecule has 0 spiro atoms. The minimum absolute atomic E-state index is 0.125. The Morgan fingerprint density at radius 2 is 2.18 bits per heavy atom. The van der Waals surface area contributed by atoms with E-state index < -0.39 is 0 Å². The molecule has 0 unspecified atom stereocenters. The molecule has 1 aliphatic heterocycles. The number of nitrogens with two attached hydrogens (primary N) is 1. The molecule has 3 rings (SSSR count). The number of anilines is 2. The van der Waals surface area contributed by atoms with E-state index in [2.05, 4.69) is 13.8 Å². The van der Waals surface area contributed by atoms with Gasteiger partial charge in [0, 0.05) is 23.2 Å². The lowest BCUT2D eigenvalue weighted by Gasteiger charge is -2.31. The van der Waals surface area contributed by atoms with Crippen LogP contribution in [0.5, 0.6) is 5.75 Å². The highest BCUT2D eigenvalue weighted by molar-refractivity contribution is 7.10. The Hall–Kier alpha value is -2.27. The number of carbonyl (C=O) groups is 1. The van der Waals surface area contributed by atoms with E-state index in [0.29, 0.717) is 29.7 Å². The Morgan fingerprint density at radius 1 is 1.36 bits per heavy atom. The molecule has 0 aliphatic carbocycles. The molecule has 4 nitrogen and oxygen atoms in total. The van der Waals surface area contributed by atoms with E-state index in [1.807, 2.05) is 23.6 Å². The second-order valence-corrected chi connectivity index (χ2v) is 6.64. The molecule has 0 atom stereocenters. The molecule has 0 bridgehead atoms. The van der Waals surface area contributed by atoms with E-state index in [1.54, 1.807) is 34.4 Å². The zero-order chi connectivity index (χ0) is 15.7. The average Bonchev–Trinajstić information content (AvgIpc) is 2.97. The molecule has 1 aromatic heterocycles. The molecular weight excluding hydrogens is 296 g/mol. The highest BCUT2D eigenvalue weighted by Gasteiger charge is 2.30. The summed E-state index contributed by atoms with van der Waals surface area (Å²) in [5, 5.41) is 1.97. The lowest BCUT2D eigenvalue weighted by molar-refractivity contribution is -0.117. The van der Waals surface area contributed by atoms with Crippen LogP contribution in [0, 0.1) is 5.92 Å². The van der Waals surface area contributed by atoms with Gasteiger partial charge in [0.2, 0.25) is 0 Å². The summed E-state index contributed by atoms with van der Waals surface area (Å²) in [6.07, 6.45) is 1.79. The van der Waals surface area contributed by atoms with E-state index in [1.165, 1.54) is 0 Å². The normalized spacial score (nSPS) is 16.0. The molecule has 0 saturated carbocycles. The van der Waals surface area contributed by atoms with Crippen LogP contribution in [0.2, 0.25) is 0 Å². The van der Waals surface area contributed by atoms with Gasteiger partial charge in [-0.05, 0) is 35.6 Å². The van der Waals surface area contributed by atoms with Crippen molar-refractivity contribution in [1.29, 1.82) is 0 Å².